The number of nitro groups is 1. The van der Waals surface area contributed by atoms with Gasteiger partial charge in [0.2, 0.25) is 11.8 Å². The number of rotatable bonds is 9. The summed E-state index contributed by atoms with van der Waals surface area (Å²) in [6.07, 6.45) is 0. The second-order valence-electron chi connectivity index (χ2n) is 7.24. The van der Waals surface area contributed by atoms with Crippen LogP contribution in [0.5, 0.6) is 0 Å². The smallest absolute Gasteiger partial charge is 0.339 e. The summed E-state index contributed by atoms with van der Waals surface area (Å²) in [5, 5.41) is 14.1. The molecule has 9 nitrogen and oxygen atoms in total. The van der Waals surface area contributed by atoms with Crippen molar-refractivity contribution in [1.29, 1.82) is 0 Å². The van der Waals surface area contributed by atoms with E-state index in [-0.39, 0.29) is 40.6 Å². The second kappa shape index (κ2) is 11.1. The van der Waals surface area contributed by atoms with Gasteiger partial charge >= 0.3 is 5.97 Å². The van der Waals surface area contributed by atoms with Gasteiger partial charge in [-0.15, -0.1) is 11.8 Å². The average Bonchev–Trinajstić information content (AvgIpc) is 2.82. The Morgan fingerprint density at radius 3 is 2.44 bits per heavy atom. The third kappa shape index (κ3) is 6.42. The highest BCUT2D eigenvalue weighted by molar-refractivity contribution is 8.00. The van der Waals surface area contributed by atoms with Gasteiger partial charge in [0.15, 0.2) is 0 Å². The molecule has 0 bridgehead atoms. The molecule has 0 saturated heterocycles. The zero-order chi connectivity index (χ0) is 24.7. The summed E-state index contributed by atoms with van der Waals surface area (Å²) in [5.41, 5.74) is 6.87. The van der Waals surface area contributed by atoms with Crippen molar-refractivity contribution >= 4 is 40.9 Å². The molecular weight excluding hydrogens is 458 g/mol. The van der Waals surface area contributed by atoms with Crippen LogP contribution in [0.3, 0.4) is 0 Å². The van der Waals surface area contributed by atoms with Gasteiger partial charge in [-0.1, -0.05) is 29.8 Å². The molecule has 0 fully saturated rings. The van der Waals surface area contributed by atoms with Crippen LogP contribution in [0, 0.1) is 17.0 Å². The normalized spacial score (nSPS) is 10.4. The van der Waals surface area contributed by atoms with Crippen LogP contribution in [0.1, 0.15) is 31.8 Å². The van der Waals surface area contributed by atoms with E-state index < -0.39 is 16.8 Å². The van der Waals surface area contributed by atoms with E-state index in [1.54, 1.807) is 36.4 Å². The lowest BCUT2D eigenvalue weighted by Crippen LogP contribution is -2.14. The summed E-state index contributed by atoms with van der Waals surface area (Å²) in [5.74, 6) is -1.67. The van der Waals surface area contributed by atoms with Gasteiger partial charge in [0.1, 0.15) is 6.61 Å². The highest BCUT2D eigenvalue weighted by atomic mass is 32.2. The van der Waals surface area contributed by atoms with E-state index in [1.807, 2.05) is 19.1 Å². The molecule has 2 amide bonds. The number of aryl methyl sites for hydroxylation is 1. The maximum absolute atomic E-state index is 12.7. The molecule has 3 N–H and O–H groups in total. The van der Waals surface area contributed by atoms with E-state index >= 15 is 0 Å². The van der Waals surface area contributed by atoms with E-state index in [0.717, 1.165) is 11.6 Å². The van der Waals surface area contributed by atoms with Crippen molar-refractivity contribution in [2.75, 3.05) is 11.1 Å². The first-order valence-electron chi connectivity index (χ1n) is 10.1. The van der Waals surface area contributed by atoms with E-state index in [0.29, 0.717) is 10.6 Å². The van der Waals surface area contributed by atoms with Gasteiger partial charge in [0.25, 0.3) is 5.69 Å². The molecule has 10 heteroatoms. The fourth-order valence-corrected chi connectivity index (χ4v) is 3.81. The van der Waals surface area contributed by atoms with Crippen molar-refractivity contribution in [2.45, 2.75) is 18.4 Å². The number of nitro benzene ring substituents is 1. The minimum Gasteiger partial charge on any atom is -0.457 e. The molecule has 3 aromatic rings. The van der Waals surface area contributed by atoms with Gasteiger partial charge in [-0.2, -0.15) is 0 Å². The first kappa shape index (κ1) is 24.5. The number of carbonyl (C=O) groups is 3. The Morgan fingerprint density at radius 1 is 1.06 bits per heavy atom. The Balaban J connectivity index is 1.65. The molecule has 0 saturated carbocycles. The minimum absolute atomic E-state index is 0.0209. The van der Waals surface area contributed by atoms with Crippen molar-refractivity contribution in [3.05, 3.63) is 99.1 Å². The Morgan fingerprint density at radius 2 is 1.76 bits per heavy atom. The monoisotopic (exact) mass is 479 g/mol. The molecule has 0 aliphatic carbocycles. The topological polar surface area (TPSA) is 142 Å². The van der Waals surface area contributed by atoms with Crippen LogP contribution in [-0.4, -0.2) is 28.5 Å². The van der Waals surface area contributed by atoms with Gasteiger partial charge in [-0.25, -0.2) is 4.79 Å². The summed E-state index contributed by atoms with van der Waals surface area (Å²) in [4.78, 5) is 47.5. The van der Waals surface area contributed by atoms with Crippen molar-refractivity contribution in [2.24, 2.45) is 5.73 Å². The van der Waals surface area contributed by atoms with Gasteiger partial charge in [-0.3, -0.25) is 19.7 Å². The summed E-state index contributed by atoms with van der Waals surface area (Å²) >= 11 is 1.17. The standard InChI is InChI=1S/C24H21N3O6S/c1-15-6-10-18(11-7-15)26-22(28)14-34-21-5-3-2-4-19(21)24(30)33-13-17-9-8-16(23(25)29)12-20(17)27(31)32/h2-12H,13-14H2,1H3,(H2,25,29)(H,26,28). The predicted molar refractivity (Wildman–Crippen MR) is 128 cm³/mol. The molecule has 0 unspecified atom stereocenters. The summed E-state index contributed by atoms with van der Waals surface area (Å²) in [6, 6.07) is 17.7. The molecule has 0 aromatic heterocycles. The molecule has 34 heavy (non-hydrogen) atoms. The van der Waals surface area contributed by atoms with Crippen LogP contribution in [0.2, 0.25) is 0 Å². The molecule has 0 heterocycles. The molecule has 3 rings (SSSR count). The largest absolute Gasteiger partial charge is 0.457 e. The van der Waals surface area contributed by atoms with Gasteiger partial charge < -0.3 is 15.8 Å². The molecule has 0 radical (unpaired) electrons. The summed E-state index contributed by atoms with van der Waals surface area (Å²) in [6.45, 7) is 1.58. The molecule has 174 valence electrons. The fraction of sp³-hybridized carbons (Fsp3) is 0.125. The van der Waals surface area contributed by atoms with Gasteiger partial charge in [-0.05, 0) is 43.3 Å². The second-order valence-corrected chi connectivity index (χ2v) is 8.26. The Hall–Kier alpha value is -4.18. The maximum atomic E-state index is 12.7. The van der Waals surface area contributed by atoms with Crippen LogP contribution in [0.25, 0.3) is 0 Å². The highest BCUT2D eigenvalue weighted by Crippen LogP contribution is 2.26. The van der Waals surface area contributed by atoms with Crippen LogP contribution < -0.4 is 11.1 Å². The predicted octanol–water partition coefficient (Wildman–Crippen LogP) is 4.09. The first-order valence-corrected chi connectivity index (χ1v) is 11.1. The van der Waals surface area contributed by atoms with E-state index in [4.69, 9.17) is 10.5 Å². The molecule has 0 aliphatic rings. The maximum Gasteiger partial charge on any atom is 0.339 e. The van der Waals surface area contributed by atoms with E-state index in [1.165, 1.54) is 23.9 Å². The van der Waals surface area contributed by atoms with Crippen LogP contribution >= 0.6 is 11.8 Å². The number of nitrogens with two attached hydrogens (primary N) is 1. The number of hydrogen-bond acceptors (Lipinski definition) is 7. The van der Waals surface area contributed by atoms with Crippen molar-refractivity contribution in [3.8, 4) is 0 Å². The molecular formula is C24H21N3O6S. The number of thioether (sulfide) groups is 1. The van der Waals surface area contributed by atoms with Crippen LogP contribution in [-0.2, 0) is 16.1 Å². The Labute approximate surface area is 199 Å². The minimum atomic E-state index is -0.802. The average molecular weight is 480 g/mol. The van der Waals surface area contributed by atoms with Gasteiger partial charge in [0, 0.05) is 22.2 Å². The van der Waals surface area contributed by atoms with E-state index in [9.17, 15) is 24.5 Å². The van der Waals surface area contributed by atoms with Crippen molar-refractivity contribution in [1.82, 2.24) is 0 Å². The SMILES string of the molecule is Cc1ccc(NC(=O)CSc2ccccc2C(=O)OCc2ccc(C(N)=O)cc2[N+](=O)[O-])cc1. The van der Waals surface area contributed by atoms with Crippen molar-refractivity contribution < 1.29 is 24.0 Å². The molecule has 0 spiro atoms. The third-order valence-electron chi connectivity index (χ3n) is 4.73. The zero-order valence-corrected chi connectivity index (χ0v) is 19.0. The number of primary amides is 1. The number of anilines is 1. The number of nitrogens with zero attached hydrogens (tertiary/aromatic N) is 1. The summed E-state index contributed by atoms with van der Waals surface area (Å²) in [7, 11) is 0. The lowest BCUT2D eigenvalue weighted by atomic mass is 10.1. The molecule has 0 atom stereocenters. The highest BCUT2D eigenvalue weighted by Gasteiger charge is 2.20. The fourth-order valence-electron chi connectivity index (χ4n) is 2.97. The zero-order valence-electron chi connectivity index (χ0n) is 18.1. The quantitative estimate of drug-likeness (QED) is 0.204. The Kier molecular flexibility index (Phi) is 7.99. The van der Waals surface area contributed by atoms with Gasteiger partial charge in [0.05, 0.1) is 21.8 Å². The number of hydrogen-bond donors (Lipinski definition) is 2. The van der Waals surface area contributed by atoms with Crippen LogP contribution in [0.15, 0.2) is 71.6 Å². The number of nitrogens with one attached hydrogen (secondary N) is 1. The molecule has 0 aliphatic heterocycles. The first-order chi connectivity index (χ1) is 16.2. The van der Waals surface area contributed by atoms with Crippen molar-refractivity contribution in [3.63, 3.8) is 0 Å². The third-order valence-corrected chi connectivity index (χ3v) is 5.80. The number of carbonyl (C=O) groups excluding carboxylic acids is 3. The number of esters is 1. The van der Waals surface area contributed by atoms with E-state index in [2.05, 4.69) is 5.32 Å². The number of benzene rings is 3. The Bertz CT molecular complexity index is 1240. The number of amides is 2. The lowest BCUT2D eigenvalue weighted by Gasteiger charge is -2.10. The molecule has 3 aromatic carbocycles. The van der Waals surface area contributed by atoms with Crippen LogP contribution in [0.4, 0.5) is 11.4 Å². The lowest BCUT2D eigenvalue weighted by molar-refractivity contribution is -0.385. The summed E-state index contributed by atoms with van der Waals surface area (Å²) < 4.78 is 5.29. The number of ether oxygens (including phenoxy) is 1.